The van der Waals surface area contributed by atoms with E-state index in [1.165, 1.54) is 103 Å². The highest BCUT2D eigenvalue weighted by atomic mass is 16.6. The summed E-state index contributed by atoms with van der Waals surface area (Å²) in [6.07, 6.45) is 59.7. The molecule has 0 amide bonds. The standard InChI is InChI=1S/C49H84O5/c1-3-5-7-9-11-13-15-17-19-21-23-24-26-27-29-31-33-35-37-39-41-43-48(51)53-46-47(45-50)54-49(52)44-42-40-38-36-34-32-30-28-25-22-20-18-16-14-12-10-8-6-4-2/h6,8,12,14,17-20,25,28,32,34,47,50H,3-5,7,9-11,13,15-16,21-24,26-27,29-31,33,35-46H2,1-2H3/b8-6+,14-12+,19-17+,20-18+,28-25+,34-32+/t47-/m0/s1. The van der Waals surface area contributed by atoms with Gasteiger partial charge in [-0.2, -0.15) is 0 Å². The first kappa shape index (κ1) is 51.3. The lowest BCUT2D eigenvalue weighted by molar-refractivity contribution is -0.161. The van der Waals surface area contributed by atoms with Crippen LogP contribution in [0.5, 0.6) is 0 Å². The zero-order valence-electron chi connectivity index (χ0n) is 35.2. The number of aliphatic hydroxyl groups is 1. The number of hydrogen-bond donors (Lipinski definition) is 1. The van der Waals surface area contributed by atoms with Gasteiger partial charge in [0, 0.05) is 12.8 Å². The highest BCUT2D eigenvalue weighted by Gasteiger charge is 2.16. The molecule has 1 N–H and O–H groups in total. The van der Waals surface area contributed by atoms with E-state index in [0.29, 0.717) is 12.8 Å². The molecule has 54 heavy (non-hydrogen) atoms. The van der Waals surface area contributed by atoms with Crippen LogP contribution in [-0.2, 0) is 19.1 Å². The van der Waals surface area contributed by atoms with Gasteiger partial charge in [-0.1, -0.05) is 183 Å². The molecule has 0 spiro atoms. The monoisotopic (exact) mass is 753 g/mol. The van der Waals surface area contributed by atoms with Gasteiger partial charge in [-0.25, -0.2) is 0 Å². The van der Waals surface area contributed by atoms with E-state index in [1.54, 1.807) is 0 Å². The highest BCUT2D eigenvalue weighted by Crippen LogP contribution is 2.14. The molecular weight excluding hydrogens is 669 g/mol. The van der Waals surface area contributed by atoms with Crippen LogP contribution in [0, 0.1) is 0 Å². The minimum absolute atomic E-state index is 0.0822. The van der Waals surface area contributed by atoms with Crippen molar-refractivity contribution in [2.24, 2.45) is 0 Å². The Morgan fingerprint density at radius 3 is 1.24 bits per heavy atom. The van der Waals surface area contributed by atoms with Gasteiger partial charge in [0.15, 0.2) is 6.10 Å². The predicted molar refractivity (Wildman–Crippen MR) is 233 cm³/mol. The second-order valence-electron chi connectivity index (χ2n) is 14.7. The van der Waals surface area contributed by atoms with Gasteiger partial charge in [0.1, 0.15) is 6.61 Å². The zero-order chi connectivity index (χ0) is 39.3. The van der Waals surface area contributed by atoms with Crippen molar-refractivity contribution in [3.63, 3.8) is 0 Å². The Hall–Kier alpha value is -2.66. The van der Waals surface area contributed by atoms with Crippen LogP contribution in [0.3, 0.4) is 0 Å². The Morgan fingerprint density at radius 2 is 0.796 bits per heavy atom. The molecule has 0 aromatic rings. The minimum atomic E-state index is -0.792. The van der Waals surface area contributed by atoms with Crippen molar-refractivity contribution < 1.29 is 24.2 Å². The first-order valence-electron chi connectivity index (χ1n) is 22.5. The SMILES string of the molecule is CC/C=C/C/C=C/C/C=C/C/C=C/C/C=C/CCCCCC(=O)O[C@@H](CO)COC(=O)CCCCCCCCCCCCC/C=C/CCCCCCCC. The summed E-state index contributed by atoms with van der Waals surface area (Å²) in [4.78, 5) is 24.4. The lowest BCUT2D eigenvalue weighted by atomic mass is 10.0. The van der Waals surface area contributed by atoms with Crippen LogP contribution in [0.15, 0.2) is 72.9 Å². The van der Waals surface area contributed by atoms with Crippen LogP contribution in [0.2, 0.25) is 0 Å². The van der Waals surface area contributed by atoms with Gasteiger partial charge in [-0.15, -0.1) is 0 Å². The molecule has 0 bridgehead atoms. The van der Waals surface area contributed by atoms with Crippen molar-refractivity contribution in [3.05, 3.63) is 72.9 Å². The maximum Gasteiger partial charge on any atom is 0.306 e. The van der Waals surface area contributed by atoms with Crippen LogP contribution in [-0.4, -0.2) is 36.4 Å². The molecule has 0 heterocycles. The first-order valence-corrected chi connectivity index (χ1v) is 22.5. The van der Waals surface area contributed by atoms with Crippen LogP contribution in [0.4, 0.5) is 0 Å². The quantitative estimate of drug-likeness (QED) is 0.0383. The summed E-state index contributed by atoms with van der Waals surface area (Å²) in [5, 5.41) is 9.59. The molecule has 310 valence electrons. The minimum Gasteiger partial charge on any atom is -0.462 e. The van der Waals surface area contributed by atoms with E-state index < -0.39 is 6.10 Å². The molecule has 0 radical (unpaired) electrons. The summed E-state index contributed by atoms with van der Waals surface area (Å²) >= 11 is 0. The molecule has 0 aliphatic heterocycles. The summed E-state index contributed by atoms with van der Waals surface area (Å²) < 4.78 is 10.6. The van der Waals surface area contributed by atoms with E-state index in [9.17, 15) is 14.7 Å². The van der Waals surface area contributed by atoms with Gasteiger partial charge < -0.3 is 14.6 Å². The van der Waals surface area contributed by atoms with Crippen molar-refractivity contribution in [2.45, 2.75) is 213 Å². The number of carbonyl (C=O) groups excluding carboxylic acids is 2. The van der Waals surface area contributed by atoms with E-state index in [2.05, 4.69) is 86.8 Å². The fourth-order valence-electron chi connectivity index (χ4n) is 6.10. The molecule has 0 saturated heterocycles. The van der Waals surface area contributed by atoms with E-state index >= 15 is 0 Å². The fraction of sp³-hybridized carbons (Fsp3) is 0.714. The van der Waals surface area contributed by atoms with Gasteiger partial charge in [-0.3, -0.25) is 9.59 Å². The molecule has 0 saturated carbocycles. The molecule has 0 unspecified atom stereocenters. The lowest BCUT2D eigenvalue weighted by Gasteiger charge is -2.15. The Bertz CT molecular complexity index is 988. The van der Waals surface area contributed by atoms with Crippen LogP contribution >= 0.6 is 0 Å². The van der Waals surface area contributed by atoms with Crippen molar-refractivity contribution >= 4 is 11.9 Å². The molecule has 0 aliphatic carbocycles. The van der Waals surface area contributed by atoms with E-state index in [-0.39, 0.29) is 25.2 Å². The van der Waals surface area contributed by atoms with Gasteiger partial charge in [0.25, 0.3) is 0 Å². The largest absolute Gasteiger partial charge is 0.462 e. The van der Waals surface area contributed by atoms with Crippen molar-refractivity contribution in [1.82, 2.24) is 0 Å². The van der Waals surface area contributed by atoms with Crippen molar-refractivity contribution in [3.8, 4) is 0 Å². The Kier molecular flexibility index (Phi) is 42.5. The molecule has 0 fully saturated rings. The van der Waals surface area contributed by atoms with Crippen molar-refractivity contribution in [1.29, 1.82) is 0 Å². The third-order valence-electron chi connectivity index (χ3n) is 9.48. The topological polar surface area (TPSA) is 72.8 Å². The molecule has 0 aliphatic rings. The van der Waals surface area contributed by atoms with Gasteiger partial charge in [0.05, 0.1) is 6.61 Å². The normalized spacial score (nSPS) is 12.9. The molecule has 5 heteroatoms. The Morgan fingerprint density at radius 1 is 0.444 bits per heavy atom. The van der Waals surface area contributed by atoms with Crippen LogP contribution in [0.25, 0.3) is 0 Å². The third-order valence-corrected chi connectivity index (χ3v) is 9.48. The lowest BCUT2D eigenvalue weighted by Crippen LogP contribution is -2.28. The summed E-state index contributed by atoms with van der Waals surface area (Å²) in [5.74, 6) is -0.630. The van der Waals surface area contributed by atoms with Crippen LogP contribution in [0.1, 0.15) is 206 Å². The van der Waals surface area contributed by atoms with Gasteiger partial charge >= 0.3 is 11.9 Å². The summed E-state index contributed by atoms with van der Waals surface area (Å²) in [7, 11) is 0. The van der Waals surface area contributed by atoms with E-state index in [1.807, 2.05) is 0 Å². The predicted octanol–water partition coefficient (Wildman–Crippen LogP) is 14.5. The fourth-order valence-corrected chi connectivity index (χ4v) is 6.10. The number of esters is 2. The van der Waals surface area contributed by atoms with Gasteiger partial charge in [-0.05, 0) is 83.5 Å². The number of hydrogen-bond acceptors (Lipinski definition) is 5. The number of carbonyl (C=O) groups is 2. The molecule has 0 rings (SSSR count). The number of allylic oxidation sites excluding steroid dienone is 12. The second-order valence-corrected chi connectivity index (χ2v) is 14.7. The molecule has 5 nitrogen and oxygen atoms in total. The number of ether oxygens (including phenoxy) is 2. The highest BCUT2D eigenvalue weighted by molar-refractivity contribution is 5.70. The molecule has 1 atom stereocenters. The summed E-state index contributed by atoms with van der Waals surface area (Å²) in [6.45, 7) is 4.00. The summed E-state index contributed by atoms with van der Waals surface area (Å²) in [5.41, 5.74) is 0. The zero-order valence-corrected chi connectivity index (χ0v) is 35.2. The van der Waals surface area contributed by atoms with Crippen LogP contribution < -0.4 is 0 Å². The van der Waals surface area contributed by atoms with Gasteiger partial charge in [0.2, 0.25) is 0 Å². The van der Waals surface area contributed by atoms with E-state index in [4.69, 9.17) is 9.47 Å². The average Bonchev–Trinajstić information content (AvgIpc) is 3.17. The Labute approximate surface area is 333 Å². The van der Waals surface area contributed by atoms with Crippen molar-refractivity contribution in [2.75, 3.05) is 13.2 Å². The Balaban J connectivity index is 3.59. The number of aliphatic hydroxyl groups excluding tert-OH is 1. The maximum atomic E-state index is 12.2. The summed E-state index contributed by atoms with van der Waals surface area (Å²) in [6, 6.07) is 0. The number of rotatable bonds is 40. The smallest absolute Gasteiger partial charge is 0.306 e. The van der Waals surface area contributed by atoms with E-state index in [0.717, 1.165) is 77.0 Å². The molecule has 0 aromatic carbocycles. The first-order chi connectivity index (χ1) is 26.6. The average molecular weight is 753 g/mol. The third kappa shape index (κ3) is 42.1. The number of unbranched alkanes of at least 4 members (excludes halogenated alkanes) is 20. The second kappa shape index (κ2) is 44.7. The molecule has 0 aromatic heterocycles. The maximum absolute atomic E-state index is 12.2. The molecular formula is C49H84O5.